The highest BCUT2D eigenvalue weighted by Crippen LogP contribution is 2.29. The maximum absolute atomic E-state index is 11.2. The molecule has 1 amide bonds. The molecule has 0 radical (unpaired) electrons. The average molecular weight is 240 g/mol. The van der Waals surface area contributed by atoms with Gasteiger partial charge in [0.1, 0.15) is 0 Å². The first-order chi connectivity index (χ1) is 8.06. The number of carbonyl (C=O) groups excluding carboxylic acids is 1. The number of carbonyl (C=O) groups is 2. The lowest BCUT2D eigenvalue weighted by Gasteiger charge is -2.23. The Hall–Kier alpha value is -1.10. The lowest BCUT2D eigenvalue weighted by molar-refractivity contribution is -0.138. The van der Waals surface area contributed by atoms with Crippen LogP contribution in [0.25, 0.3) is 0 Å². The summed E-state index contributed by atoms with van der Waals surface area (Å²) in [7, 11) is 0. The van der Waals surface area contributed by atoms with Crippen molar-refractivity contribution >= 4 is 11.9 Å². The summed E-state index contributed by atoms with van der Waals surface area (Å²) in [6.07, 6.45) is 3.25. The topological polar surface area (TPSA) is 60.9 Å². The third-order valence-corrected chi connectivity index (χ3v) is 3.63. The molecule has 2 fully saturated rings. The molecule has 0 aromatic carbocycles. The second-order valence-corrected chi connectivity index (χ2v) is 5.17. The normalized spacial score (nSPS) is 24.4. The van der Waals surface area contributed by atoms with Crippen molar-refractivity contribution in [3.8, 4) is 0 Å². The first-order valence-corrected chi connectivity index (χ1v) is 6.27. The summed E-state index contributed by atoms with van der Waals surface area (Å²) in [5.74, 6) is -0.180. The van der Waals surface area contributed by atoms with Gasteiger partial charge in [-0.25, -0.2) is 0 Å². The van der Waals surface area contributed by atoms with Gasteiger partial charge < -0.3 is 10.0 Å². The summed E-state index contributed by atoms with van der Waals surface area (Å²) >= 11 is 0. The molecule has 1 aliphatic carbocycles. The molecule has 1 saturated carbocycles. The molecule has 17 heavy (non-hydrogen) atoms. The highest BCUT2D eigenvalue weighted by molar-refractivity contribution is 5.73. The monoisotopic (exact) mass is 240 g/mol. The fourth-order valence-corrected chi connectivity index (χ4v) is 2.56. The van der Waals surface area contributed by atoms with E-state index in [0.717, 1.165) is 38.9 Å². The molecule has 2 rings (SSSR count). The molecule has 96 valence electrons. The Morgan fingerprint density at radius 1 is 1.35 bits per heavy atom. The number of hydrogen-bond acceptors (Lipinski definition) is 3. The lowest BCUT2D eigenvalue weighted by Crippen LogP contribution is -2.37. The highest BCUT2D eigenvalue weighted by Gasteiger charge is 2.34. The molecule has 0 aromatic rings. The quantitative estimate of drug-likeness (QED) is 0.756. The fourth-order valence-electron chi connectivity index (χ4n) is 2.56. The molecule has 0 bridgehead atoms. The van der Waals surface area contributed by atoms with Gasteiger partial charge in [0.05, 0.1) is 6.54 Å². The van der Waals surface area contributed by atoms with E-state index in [1.165, 1.54) is 0 Å². The van der Waals surface area contributed by atoms with Gasteiger partial charge in [-0.15, -0.1) is 0 Å². The zero-order valence-electron chi connectivity index (χ0n) is 10.3. The molecule has 1 heterocycles. The van der Waals surface area contributed by atoms with Gasteiger partial charge in [0.15, 0.2) is 0 Å². The molecular weight excluding hydrogens is 220 g/mol. The summed E-state index contributed by atoms with van der Waals surface area (Å²) < 4.78 is 0. The van der Waals surface area contributed by atoms with Gasteiger partial charge in [0.2, 0.25) is 5.91 Å². The Kier molecular flexibility index (Phi) is 3.66. The fraction of sp³-hybridized carbons (Fsp3) is 0.833. The maximum Gasteiger partial charge on any atom is 0.317 e. The van der Waals surface area contributed by atoms with E-state index in [0.29, 0.717) is 12.0 Å². The van der Waals surface area contributed by atoms with Crippen molar-refractivity contribution in [3.63, 3.8) is 0 Å². The van der Waals surface area contributed by atoms with Crippen molar-refractivity contribution in [1.82, 2.24) is 9.80 Å². The van der Waals surface area contributed by atoms with Gasteiger partial charge in [-0.1, -0.05) is 0 Å². The van der Waals surface area contributed by atoms with Crippen LogP contribution in [0.15, 0.2) is 0 Å². The molecule has 5 nitrogen and oxygen atoms in total. The molecule has 0 aromatic heterocycles. The number of carboxylic acid groups (broad SMARTS) is 1. The van der Waals surface area contributed by atoms with E-state index in [1.807, 2.05) is 4.90 Å². The third-order valence-electron chi connectivity index (χ3n) is 3.63. The van der Waals surface area contributed by atoms with Crippen molar-refractivity contribution in [2.75, 3.05) is 26.2 Å². The van der Waals surface area contributed by atoms with E-state index in [-0.39, 0.29) is 12.5 Å². The summed E-state index contributed by atoms with van der Waals surface area (Å²) in [5.41, 5.74) is 0. The Morgan fingerprint density at radius 2 is 2.06 bits per heavy atom. The van der Waals surface area contributed by atoms with Crippen LogP contribution in [0.3, 0.4) is 0 Å². The highest BCUT2D eigenvalue weighted by atomic mass is 16.4. The van der Waals surface area contributed by atoms with Gasteiger partial charge in [-0.2, -0.15) is 0 Å². The first kappa shape index (κ1) is 12.4. The van der Waals surface area contributed by atoms with E-state index in [2.05, 4.69) is 4.90 Å². The molecule has 1 atom stereocenters. The minimum absolute atomic E-state index is 0.128. The number of hydrogen-bond donors (Lipinski definition) is 1. The van der Waals surface area contributed by atoms with Crippen LogP contribution in [0, 0.1) is 5.92 Å². The number of likely N-dealkylation sites (tertiary alicyclic amines) is 1. The van der Waals surface area contributed by atoms with Gasteiger partial charge >= 0.3 is 5.97 Å². The van der Waals surface area contributed by atoms with Crippen molar-refractivity contribution in [3.05, 3.63) is 0 Å². The van der Waals surface area contributed by atoms with Crippen molar-refractivity contribution in [1.29, 1.82) is 0 Å². The van der Waals surface area contributed by atoms with Gasteiger partial charge in [-0.05, 0) is 25.2 Å². The van der Waals surface area contributed by atoms with E-state index < -0.39 is 5.97 Å². The van der Waals surface area contributed by atoms with Crippen LogP contribution in [0.1, 0.15) is 26.2 Å². The minimum atomic E-state index is -0.752. The molecule has 1 aliphatic heterocycles. The predicted molar refractivity (Wildman–Crippen MR) is 62.6 cm³/mol. The average Bonchev–Trinajstić information content (AvgIpc) is 2.97. The van der Waals surface area contributed by atoms with Crippen LogP contribution in [0.5, 0.6) is 0 Å². The molecule has 0 unspecified atom stereocenters. The molecule has 5 heteroatoms. The Bertz CT molecular complexity index is 315. The molecule has 1 N–H and O–H groups in total. The molecule has 0 spiro atoms. The van der Waals surface area contributed by atoms with Crippen LogP contribution in [-0.4, -0.2) is 59.0 Å². The Balaban J connectivity index is 1.82. The largest absolute Gasteiger partial charge is 0.480 e. The van der Waals surface area contributed by atoms with E-state index in [9.17, 15) is 9.59 Å². The van der Waals surface area contributed by atoms with Crippen LogP contribution in [0.2, 0.25) is 0 Å². The van der Waals surface area contributed by atoms with E-state index in [1.54, 1.807) is 6.92 Å². The van der Waals surface area contributed by atoms with Gasteiger partial charge in [-0.3, -0.25) is 14.5 Å². The number of aliphatic carboxylic acids is 1. The first-order valence-electron chi connectivity index (χ1n) is 6.27. The summed E-state index contributed by atoms with van der Waals surface area (Å²) in [4.78, 5) is 25.9. The molecule has 1 saturated heterocycles. The minimum Gasteiger partial charge on any atom is -0.480 e. The third kappa shape index (κ3) is 3.43. The Morgan fingerprint density at radius 3 is 2.53 bits per heavy atom. The van der Waals surface area contributed by atoms with Crippen molar-refractivity contribution in [2.45, 2.75) is 32.2 Å². The lowest BCUT2D eigenvalue weighted by atomic mass is 10.1. The summed E-state index contributed by atoms with van der Waals surface area (Å²) in [6.45, 7) is 4.17. The van der Waals surface area contributed by atoms with Gasteiger partial charge in [0.25, 0.3) is 0 Å². The SMILES string of the molecule is CC(=O)N1CC[C@H](CN(CC(=O)O)C2CC2)C1. The summed E-state index contributed by atoms with van der Waals surface area (Å²) in [6, 6.07) is 0.470. The van der Waals surface area contributed by atoms with Gasteiger partial charge in [0, 0.05) is 32.6 Å². The zero-order valence-corrected chi connectivity index (χ0v) is 10.3. The number of nitrogens with zero attached hydrogens (tertiary/aromatic N) is 2. The second kappa shape index (κ2) is 5.04. The van der Waals surface area contributed by atoms with Crippen LogP contribution >= 0.6 is 0 Å². The number of rotatable bonds is 5. The maximum atomic E-state index is 11.2. The smallest absolute Gasteiger partial charge is 0.317 e. The van der Waals surface area contributed by atoms with Crippen LogP contribution < -0.4 is 0 Å². The zero-order chi connectivity index (χ0) is 12.4. The predicted octanol–water partition coefficient (Wildman–Crippen LogP) is 0.404. The van der Waals surface area contributed by atoms with E-state index in [4.69, 9.17) is 5.11 Å². The Labute approximate surface area is 101 Å². The van der Waals surface area contributed by atoms with Crippen molar-refractivity contribution in [2.24, 2.45) is 5.92 Å². The van der Waals surface area contributed by atoms with Crippen LogP contribution in [0.4, 0.5) is 0 Å². The molecular formula is C12H20N2O3. The van der Waals surface area contributed by atoms with Crippen molar-refractivity contribution < 1.29 is 14.7 Å². The number of carboxylic acids is 1. The molecule has 2 aliphatic rings. The summed E-state index contributed by atoms with van der Waals surface area (Å²) in [5, 5.41) is 8.87. The second-order valence-electron chi connectivity index (χ2n) is 5.17. The number of amides is 1. The standard InChI is InChI=1S/C12H20N2O3/c1-9(15)13-5-4-10(6-13)7-14(8-12(16)17)11-2-3-11/h10-11H,2-8H2,1H3,(H,16,17)/t10-/m0/s1. The van der Waals surface area contributed by atoms with E-state index >= 15 is 0 Å². The van der Waals surface area contributed by atoms with Crippen LogP contribution in [-0.2, 0) is 9.59 Å².